The molecule has 1 heterocycles. The fraction of sp³-hybridized carbons (Fsp3) is 0.350. The van der Waals surface area contributed by atoms with E-state index in [1.807, 2.05) is 4.90 Å². The molecule has 29 heavy (non-hydrogen) atoms. The topological polar surface area (TPSA) is 40.5 Å². The predicted octanol–water partition coefficient (Wildman–Crippen LogP) is 6.55. The first-order valence-corrected chi connectivity index (χ1v) is 9.99. The summed E-state index contributed by atoms with van der Waals surface area (Å²) in [5.41, 5.74) is -0.0983. The highest BCUT2D eigenvalue weighted by Crippen LogP contribution is 2.42. The van der Waals surface area contributed by atoms with Gasteiger partial charge >= 0.3 is 12.1 Å². The van der Waals surface area contributed by atoms with Gasteiger partial charge in [-0.25, -0.2) is 0 Å². The number of nitrogens with zero attached hydrogens (tertiary/aromatic N) is 1. The Bertz CT molecular complexity index is 920. The Morgan fingerprint density at radius 1 is 1.07 bits per heavy atom. The molecule has 1 aliphatic rings. The Labute approximate surface area is 181 Å². The lowest BCUT2D eigenvalue weighted by atomic mass is 9.90. The average Bonchev–Trinajstić information content (AvgIpc) is 2.64. The molecule has 0 spiro atoms. The van der Waals surface area contributed by atoms with Crippen molar-refractivity contribution in [1.29, 1.82) is 0 Å². The van der Waals surface area contributed by atoms with Crippen molar-refractivity contribution in [2.24, 2.45) is 5.92 Å². The zero-order valence-corrected chi connectivity index (χ0v) is 17.3. The van der Waals surface area contributed by atoms with Crippen LogP contribution in [0.4, 0.5) is 13.2 Å². The van der Waals surface area contributed by atoms with Gasteiger partial charge < -0.3 is 5.11 Å². The van der Waals surface area contributed by atoms with Crippen molar-refractivity contribution in [3.63, 3.8) is 0 Å². The molecule has 2 aromatic carbocycles. The van der Waals surface area contributed by atoms with Gasteiger partial charge in [-0.1, -0.05) is 40.9 Å². The maximum Gasteiger partial charge on any atom is 0.416 e. The third kappa shape index (κ3) is 5.00. The first-order chi connectivity index (χ1) is 13.6. The van der Waals surface area contributed by atoms with Crippen LogP contribution in [0, 0.1) is 5.92 Å². The number of carboxylic acids is 1. The first-order valence-electron chi connectivity index (χ1n) is 8.86. The van der Waals surface area contributed by atoms with Crippen LogP contribution in [0.2, 0.25) is 15.1 Å². The lowest BCUT2D eigenvalue weighted by Crippen LogP contribution is -2.41. The summed E-state index contributed by atoms with van der Waals surface area (Å²) < 4.78 is 40.0. The molecule has 3 rings (SSSR count). The summed E-state index contributed by atoms with van der Waals surface area (Å²) >= 11 is 18.7. The minimum Gasteiger partial charge on any atom is -0.481 e. The van der Waals surface area contributed by atoms with Gasteiger partial charge in [0.05, 0.1) is 17.5 Å². The Morgan fingerprint density at radius 2 is 1.79 bits per heavy atom. The summed E-state index contributed by atoms with van der Waals surface area (Å²) in [6.45, 7) is 0.672. The molecule has 0 aromatic heterocycles. The van der Waals surface area contributed by atoms with E-state index in [0.29, 0.717) is 30.0 Å². The molecular weight excluding hydrogens is 450 g/mol. The van der Waals surface area contributed by atoms with Crippen LogP contribution >= 0.6 is 34.8 Å². The molecule has 0 saturated carbocycles. The SMILES string of the molecule is O=C(O)C1CCCN(C(c2ccc(Cl)cc2Cl)c2cc(C(F)(F)F)ccc2Cl)C1. The van der Waals surface area contributed by atoms with Crippen molar-refractivity contribution in [2.75, 3.05) is 13.1 Å². The van der Waals surface area contributed by atoms with E-state index < -0.39 is 29.7 Å². The van der Waals surface area contributed by atoms with Gasteiger partial charge in [-0.3, -0.25) is 9.69 Å². The van der Waals surface area contributed by atoms with Crippen LogP contribution < -0.4 is 0 Å². The Morgan fingerprint density at radius 3 is 2.41 bits per heavy atom. The zero-order valence-electron chi connectivity index (χ0n) is 15.0. The molecular formula is C20H17Cl3F3NO2. The molecule has 0 aliphatic carbocycles. The molecule has 1 fully saturated rings. The van der Waals surface area contributed by atoms with Crippen molar-refractivity contribution in [3.05, 3.63) is 68.2 Å². The van der Waals surface area contributed by atoms with Gasteiger partial charge in [-0.15, -0.1) is 0 Å². The maximum atomic E-state index is 13.3. The summed E-state index contributed by atoms with van der Waals surface area (Å²) in [5.74, 6) is -1.56. The highest BCUT2D eigenvalue weighted by molar-refractivity contribution is 6.35. The molecule has 1 N–H and O–H groups in total. The second-order valence-corrected chi connectivity index (χ2v) is 8.23. The van der Waals surface area contributed by atoms with Crippen molar-refractivity contribution in [3.8, 4) is 0 Å². The Balaban J connectivity index is 2.15. The second kappa shape index (κ2) is 8.72. The van der Waals surface area contributed by atoms with E-state index in [1.165, 1.54) is 12.1 Å². The number of benzene rings is 2. The van der Waals surface area contributed by atoms with E-state index >= 15 is 0 Å². The predicted molar refractivity (Wildman–Crippen MR) is 107 cm³/mol. The van der Waals surface area contributed by atoms with Crippen molar-refractivity contribution >= 4 is 40.8 Å². The van der Waals surface area contributed by atoms with Crippen LogP contribution in [0.15, 0.2) is 36.4 Å². The largest absolute Gasteiger partial charge is 0.481 e. The number of hydrogen-bond donors (Lipinski definition) is 1. The minimum atomic E-state index is -4.54. The van der Waals surface area contributed by atoms with E-state index in [2.05, 4.69) is 0 Å². The van der Waals surface area contributed by atoms with Gasteiger partial charge in [-0.05, 0) is 60.8 Å². The summed E-state index contributed by atoms with van der Waals surface area (Å²) in [7, 11) is 0. The van der Waals surface area contributed by atoms with Gasteiger partial charge in [0.1, 0.15) is 0 Å². The quantitative estimate of drug-likeness (QED) is 0.555. The number of likely N-dealkylation sites (tertiary alicyclic amines) is 1. The van der Waals surface area contributed by atoms with Gasteiger partial charge in [0.15, 0.2) is 0 Å². The monoisotopic (exact) mass is 465 g/mol. The van der Waals surface area contributed by atoms with Crippen LogP contribution in [-0.2, 0) is 11.0 Å². The number of carboxylic acid groups (broad SMARTS) is 1. The van der Waals surface area contributed by atoms with Crippen LogP contribution in [-0.4, -0.2) is 29.1 Å². The lowest BCUT2D eigenvalue weighted by Gasteiger charge is -2.38. The molecule has 0 bridgehead atoms. The second-order valence-electron chi connectivity index (χ2n) is 6.97. The lowest BCUT2D eigenvalue weighted by molar-refractivity contribution is -0.143. The van der Waals surface area contributed by atoms with Crippen molar-refractivity contribution in [2.45, 2.75) is 25.1 Å². The van der Waals surface area contributed by atoms with Crippen molar-refractivity contribution < 1.29 is 23.1 Å². The minimum absolute atomic E-state index is 0.145. The van der Waals surface area contributed by atoms with Crippen LogP contribution in [0.3, 0.4) is 0 Å². The molecule has 2 atom stereocenters. The number of carbonyl (C=O) groups is 1. The molecule has 1 saturated heterocycles. The molecule has 2 aromatic rings. The summed E-state index contributed by atoms with van der Waals surface area (Å²) in [4.78, 5) is 13.3. The normalized spacial score (nSPS) is 19.2. The number of halogens is 6. The highest BCUT2D eigenvalue weighted by atomic mass is 35.5. The summed E-state index contributed by atoms with van der Waals surface area (Å²) in [5, 5.41) is 10.2. The van der Waals surface area contributed by atoms with Gasteiger partial charge in [0.2, 0.25) is 0 Å². The van der Waals surface area contributed by atoms with E-state index in [9.17, 15) is 23.1 Å². The van der Waals surface area contributed by atoms with E-state index in [1.54, 1.807) is 12.1 Å². The Kier molecular flexibility index (Phi) is 6.68. The number of alkyl halides is 3. The molecule has 1 aliphatic heterocycles. The standard InChI is InChI=1S/C20H17Cl3F3NO2/c21-13-4-5-14(17(23)9-13)18(27-7-1-2-11(10-27)19(28)29)15-8-12(20(24,25)26)3-6-16(15)22/h3-6,8-9,11,18H,1-2,7,10H2,(H,28,29). The van der Waals surface area contributed by atoms with Crippen molar-refractivity contribution in [1.82, 2.24) is 4.90 Å². The van der Waals surface area contributed by atoms with Gasteiger partial charge in [0, 0.05) is 21.6 Å². The van der Waals surface area contributed by atoms with E-state index in [4.69, 9.17) is 34.8 Å². The number of aliphatic carboxylic acids is 1. The van der Waals surface area contributed by atoms with E-state index in [-0.39, 0.29) is 22.2 Å². The summed E-state index contributed by atoms with van der Waals surface area (Å²) in [6.07, 6.45) is -3.45. The molecule has 2 unspecified atom stereocenters. The van der Waals surface area contributed by atoms with Gasteiger partial charge in [-0.2, -0.15) is 13.2 Å². The molecule has 0 amide bonds. The average molecular weight is 467 g/mol. The van der Waals surface area contributed by atoms with Crippen LogP contribution in [0.25, 0.3) is 0 Å². The molecule has 9 heteroatoms. The van der Waals surface area contributed by atoms with E-state index in [0.717, 1.165) is 12.1 Å². The molecule has 3 nitrogen and oxygen atoms in total. The third-order valence-electron chi connectivity index (χ3n) is 5.04. The first kappa shape index (κ1) is 22.2. The number of piperidine rings is 1. The smallest absolute Gasteiger partial charge is 0.416 e. The highest BCUT2D eigenvalue weighted by Gasteiger charge is 2.36. The fourth-order valence-corrected chi connectivity index (χ4v) is 4.39. The number of rotatable bonds is 4. The maximum absolute atomic E-state index is 13.3. The fourth-order valence-electron chi connectivity index (χ4n) is 3.66. The van der Waals surface area contributed by atoms with Crippen LogP contribution in [0.5, 0.6) is 0 Å². The van der Waals surface area contributed by atoms with Crippen LogP contribution in [0.1, 0.15) is 35.6 Å². The molecule has 0 radical (unpaired) electrons. The molecule has 156 valence electrons. The zero-order chi connectivity index (χ0) is 21.3. The number of hydrogen-bond acceptors (Lipinski definition) is 2. The Hall–Kier alpha value is -1.47. The summed E-state index contributed by atoms with van der Waals surface area (Å²) in [6, 6.07) is 7.12. The third-order valence-corrected chi connectivity index (χ3v) is 5.95. The van der Waals surface area contributed by atoms with Gasteiger partial charge in [0.25, 0.3) is 0 Å².